The maximum Gasteiger partial charge on any atom is 0.0408 e. The van der Waals surface area contributed by atoms with Gasteiger partial charge in [0.05, 0.1) is 0 Å². The van der Waals surface area contributed by atoms with Crippen molar-refractivity contribution in [3.05, 3.63) is 11.0 Å². The van der Waals surface area contributed by atoms with E-state index in [2.05, 4.69) is 43.5 Å². The molecule has 0 radical (unpaired) electrons. The Hall–Kier alpha value is 0.0500. The predicted molar refractivity (Wildman–Crippen MR) is 60.0 cm³/mol. The zero-order chi connectivity index (χ0) is 9.47. The van der Waals surface area contributed by atoms with Crippen molar-refractivity contribution in [1.82, 2.24) is 4.90 Å². The number of rotatable bonds is 1. The minimum Gasteiger partial charge on any atom is -0.292 e. The second-order valence-electron chi connectivity index (χ2n) is 4.97. The summed E-state index contributed by atoms with van der Waals surface area (Å²) < 4.78 is 0.379. The van der Waals surface area contributed by atoms with Crippen molar-refractivity contribution in [2.75, 3.05) is 13.1 Å². The Morgan fingerprint density at radius 3 is 2.92 bits per heavy atom. The van der Waals surface area contributed by atoms with Gasteiger partial charge in [0.25, 0.3) is 0 Å². The first-order chi connectivity index (χ1) is 6.06. The van der Waals surface area contributed by atoms with E-state index < -0.39 is 0 Å². The van der Waals surface area contributed by atoms with Crippen LogP contribution in [0.3, 0.4) is 0 Å². The highest BCUT2D eigenvalue weighted by molar-refractivity contribution is 8.04. The third-order valence-corrected chi connectivity index (χ3v) is 3.93. The van der Waals surface area contributed by atoms with Gasteiger partial charge in [-0.25, -0.2) is 0 Å². The average Bonchev–Trinajstić information content (AvgIpc) is 2.50. The molecule has 1 fully saturated rings. The molecule has 0 spiro atoms. The lowest BCUT2D eigenvalue weighted by Crippen LogP contribution is -2.25. The van der Waals surface area contributed by atoms with Crippen molar-refractivity contribution in [2.24, 2.45) is 0 Å². The largest absolute Gasteiger partial charge is 0.292 e. The molecule has 2 heteroatoms. The zero-order valence-corrected chi connectivity index (χ0v) is 9.66. The van der Waals surface area contributed by atoms with E-state index >= 15 is 0 Å². The third-order valence-electron chi connectivity index (χ3n) is 2.64. The first-order valence-electron chi connectivity index (χ1n) is 5.19. The molecule has 2 heterocycles. The molecule has 1 saturated heterocycles. The second kappa shape index (κ2) is 3.32. The number of fused-ring (bicyclic) bond motifs is 1. The Morgan fingerprint density at radius 1 is 1.46 bits per heavy atom. The van der Waals surface area contributed by atoms with E-state index in [-0.39, 0.29) is 0 Å². The second-order valence-corrected chi connectivity index (χ2v) is 6.87. The van der Waals surface area contributed by atoms with Crippen LogP contribution in [0.25, 0.3) is 0 Å². The highest BCUT2D eigenvalue weighted by Crippen LogP contribution is 2.40. The van der Waals surface area contributed by atoms with E-state index in [1.807, 2.05) is 0 Å². The van der Waals surface area contributed by atoms with Crippen molar-refractivity contribution in [3.8, 4) is 0 Å². The summed E-state index contributed by atoms with van der Waals surface area (Å²) in [4.78, 5) is 4.23. The molecule has 74 valence electrons. The van der Waals surface area contributed by atoms with Gasteiger partial charge in [-0.3, -0.25) is 4.90 Å². The molecule has 1 nitrogen and oxygen atoms in total. The van der Waals surface area contributed by atoms with Crippen LogP contribution in [-0.4, -0.2) is 28.8 Å². The monoisotopic (exact) mass is 197 g/mol. The molecule has 0 aliphatic carbocycles. The molecule has 0 saturated carbocycles. The molecule has 1 unspecified atom stereocenters. The lowest BCUT2D eigenvalue weighted by Gasteiger charge is -2.23. The summed E-state index contributed by atoms with van der Waals surface area (Å²) >= 11 is 2.06. The lowest BCUT2D eigenvalue weighted by atomic mass is 10.2. The van der Waals surface area contributed by atoms with Gasteiger partial charge < -0.3 is 0 Å². The molecule has 0 aromatic rings. The minimum atomic E-state index is 0.379. The number of hydrogen-bond donors (Lipinski definition) is 0. The van der Waals surface area contributed by atoms with Gasteiger partial charge in [0.2, 0.25) is 0 Å². The third kappa shape index (κ3) is 2.10. The van der Waals surface area contributed by atoms with Crippen molar-refractivity contribution < 1.29 is 0 Å². The molecule has 2 aliphatic heterocycles. The number of hydrogen-bond acceptors (Lipinski definition) is 2. The average molecular weight is 197 g/mol. The van der Waals surface area contributed by atoms with Crippen LogP contribution in [0.2, 0.25) is 0 Å². The van der Waals surface area contributed by atoms with Gasteiger partial charge in [0.1, 0.15) is 0 Å². The van der Waals surface area contributed by atoms with Gasteiger partial charge in [-0.1, -0.05) is 26.8 Å². The van der Waals surface area contributed by atoms with Crippen LogP contribution in [0.4, 0.5) is 0 Å². The molecule has 1 atom stereocenters. The van der Waals surface area contributed by atoms with Gasteiger partial charge >= 0.3 is 0 Å². The molecule has 13 heavy (non-hydrogen) atoms. The summed E-state index contributed by atoms with van der Waals surface area (Å²) in [5, 5.41) is 0. The lowest BCUT2D eigenvalue weighted by molar-refractivity contribution is 0.341. The minimum absolute atomic E-state index is 0.379. The topological polar surface area (TPSA) is 3.24 Å². The van der Waals surface area contributed by atoms with Crippen molar-refractivity contribution in [2.45, 2.75) is 44.4 Å². The summed E-state index contributed by atoms with van der Waals surface area (Å²) in [5.41, 5.74) is 0. The van der Waals surface area contributed by atoms with Crippen molar-refractivity contribution in [3.63, 3.8) is 0 Å². The fraction of sp³-hybridized carbons (Fsp3) is 0.818. The van der Waals surface area contributed by atoms with Crippen molar-refractivity contribution >= 4 is 11.8 Å². The molecule has 0 bridgehead atoms. The maximum absolute atomic E-state index is 2.61. The standard InChI is InChI=1S/C11H19NS/c1-11(2,3)13-10-6-8-12-7-4-5-9(10)12/h6,9H,4-5,7-8H2,1-3H3. The highest BCUT2D eigenvalue weighted by atomic mass is 32.2. The highest BCUT2D eigenvalue weighted by Gasteiger charge is 2.33. The molecule has 0 aromatic heterocycles. The fourth-order valence-corrected chi connectivity index (χ4v) is 3.44. The molecule has 2 rings (SSSR count). The quantitative estimate of drug-likeness (QED) is 0.636. The summed E-state index contributed by atoms with van der Waals surface area (Å²) in [6.07, 6.45) is 5.21. The van der Waals surface area contributed by atoms with Gasteiger partial charge in [-0.15, -0.1) is 11.8 Å². The van der Waals surface area contributed by atoms with E-state index in [9.17, 15) is 0 Å². The Kier molecular flexibility index (Phi) is 2.45. The van der Waals surface area contributed by atoms with Gasteiger partial charge in [-0.2, -0.15) is 0 Å². The first kappa shape index (κ1) is 9.60. The molecule has 0 N–H and O–H groups in total. The molecule has 0 aromatic carbocycles. The van der Waals surface area contributed by atoms with E-state index in [1.54, 1.807) is 4.91 Å². The van der Waals surface area contributed by atoms with E-state index in [0.29, 0.717) is 4.75 Å². The number of thioether (sulfide) groups is 1. The molecule has 2 aliphatic rings. The van der Waals surface area contributed by atoms with E-state index in [0.717, 1.165) is 6.04 Å². The molecule has 0 amide bonds. The Bertz CT molecular complexity index is 227. The van der Waals surface area contributed by atoms with Gasteiger partial charge in [0.15, 0.2) is 0 Å². The van der Waals surface area contributed by atoms with Gasteiger partial charge in [0, 0.05) is 17.3 Å². The van der Waals surface area contributed by atoms with Gasteiger partial charge in [-0.05, 0) is 24.3 Å². The molecular weight excluding hydrogens is 178 g/mol. The summed E-state index contributed by atoms with van der Waals surface area (Å²) in [5.74, 6) is 0. The van der Waals surface area contributed by atoms with Crippen LogP contribution in [0, 0.1) is 0 Å². The van der Waals surface area contributed by atoms with Crippen LogP contribution in [-0.2, 0) is 0 Å². The van der Waals surface area contributed by atoms with Crippen LogP contribution < -0.4 is 0 Å². The van der Waals surface area contributed by atoms with Crippen molar-refractivity contribution in [1.29, 1.82) is 0 Å². The zero-order valence-electron chi connectivity index (χ0n) is 8.84. The fourth-order valence-electron chi connectivity index (χ4n) is 2.17. The Morgan fingerprint density at radius 2 is 2.23 bits per heavy atom. The van der Waals surface area contributed by atoms with Crippen LogP contribution in [0.1, 0.15) is 33.6 Å². The Labute approximate surface area is 85.6 Å². The van der Waals surface area contributed by atoms with Crippen LogP contribution in [0.5, 0.6) is 0 Å². The SMILES string of the molecule is CC(C)(C)SC1=CCN2CCCC12. The van der Waals surface area contributed by atoms with Crippen LogP contribution in [0.15, 0.2) is 11.0 Å². The number of nitrogens with zero attached hydrogens (tertiary/aromatic N) is 1. The molecular formula is C11H19NS. The summed E-state index contributed by atoms with van der Waals surface area (Å²) in [6.45, 7) is 9.42. The van der Waals surface area contributed by atoms with Crippen LogP contribution >= 0.6 is 11.8 Å². The maximum atomic E-state index is 2.61. The normalized spacial score (nSPS) is 29.2. The smallest absolute Gasteiger partial charge is 0.0408 e. The van der Waals surface area contributed by atoms with E-state index in [4.69, 9.17) is 0 Å². The summed E-state index contributed by atoms with van der Waals surface area (Å²) in [6, 6.07) is 0.782. The summed E-state index contributed by atoms with van der Waals surface area (Å²) in [7, 11) is 0. The first-order valence-corrected chi connectivity index (χ1v) is 6.01. The predicted octanol–water partition coefficient (Wildman–Crippen LogP) is 2.88. The van der Waals surface area contributed by atoms with E-state index in [1.165, 1.54) is 25.9 Å². The Balaban J connectivity index is 2.01.